The monoisotopic (exact) mass is 385 g/mol. The lowest BCUT2D eigenvalue weighted by atomic mass is 9.91. The summed E-state index contributed by atoms with van der Waals surface area (Å²) in [6.07, 6.45) is 1.87. The van der Waals surface area contributed by atoms with Gasteiger partial charge in [0.25, 0.3) is 0 Å². The Morgan fingerprint density at radius 3 is 2.04 bits per heavy atom. The lowest BCUT2D eigenvalue weighted by Gasteiger charge is -2.38. The van der Waals surface area contributed by atoms with E-state index in [4.69, 9.17) is 4.74 Å². The number of amides is 2. The largest absolute Gasteiger partial charge is 0.379 e. The maximum Gasteiger partial charge on any atom is 0.236 e. The Morgan fingerprint density at radius 1 is 0.893 bits per heavy atom. The molecule has 2 aliphatic heterocycles. The second-order valence-corrected chi connectivity index (χ2v) is 8.52. The van der Waals surface area contributed by atoms with Gasteiger partial charge in [-0.25, -0.2) is 0 Å². The molecule has 6 nitrogen and oxygen atoms in total. The Hall–Kier alpha value is -1.92. The van der Waals surface area contributed by atoms with Crippen LogP contribution in [0.5, 0.6) is 0 Å². The summed E-state index contributed by atoms with van der Waals surface area (Å²) >= 11 is 0. The van der Waals surface area contributed by atoms with Crippen LogP contribution in [0.15, 0.2) is 18.2 Å². The second-order valence-electron chi connectivity index (χ2n) is 8.52. The van der Waals surface area contributed by atoms with Crippen LogP contribution >= 0.6 is 0 Å². The van der Waals surface area contributed by atoms with E-state index < -0.39 is 0 Å². The summed E-state index contributed by atoms with van der Waals surface area (Å²) in [4.78, 5) is 31.9. The maximum absolute atomic E-state index is 13.3. The molecule has 2 amide bonds. The molecule has 0 atom stereocenters. The molecule has 4 rings (SSSR count). The highest BCUT2D eigenvalue weighted by atomic mass is 16.5. The number of hydrogen-bond acceptors (Lipinski definition) is 4. The van der Waals surface area contributed by atoms with E-state index in [1.165, 1.54) is 16.7 Å². The highest BCUT2D eigenvalue weighted by Gasteiger charge is 2.53. The number of carbonyl (C=O) groups excluding carboxylic acids is 2. The molecule has 0 radical (unpaired) electrons. The number of piperazine rings is 1. The fourth-order valence-electron chi connectivity index (χ4n) is 4.51. The van der Waals surface area contributed by atoms with Gasteiger partial charge in [-0.3, -0.25) is 14.5 Å². The molecule has 0 spiro atoms. The maximum atomic E-state index is 13.3. The average Bonchev–Trinajstić information content (AvgIpc) is 3.50. The number of hydrogen-bond donors (Lipinski definition) is 0. The van der Waals surface area contributed by atoms with Crippen LogP contribution in [0.3, 0.4) is 0 Å². The van der Waals surface area contributed by atoms with Gasteiger partial charge in [0.1, 0.15) is 0 Å². The van der Waals surface area contributed by atoms with Gasteiger partial charge in [0, 0.05) is 39.3 Å². The predicted octanol–water partition coefficient (Wildman–Crippen LogP) is 1.34. The summed E-state index contributed by atoms with van der Waals surface area (Å²) in [7, 11) is 0. The fourth-order valence-corrected chi connectivity index (χ4v) is 4.51. The molecular weight excluding hydrogens is 354 g/mol. The molecule has 1 aliphatic carbocycles. The van der Waals surface area contributed by atoms with Crippen LogP contribution in [0, 0.1) is 13.8 Å². The molecule has 3 fully saturated rings. The first kappa shape index (κ1) is 19.4. The SMILES string of the molecule is Cc1cc(C)cc(C2(C(=O)N3CCN(C(=O)CN4CCOCC4)CC3)CC2)c1. The summed E-state index contributed by atoms with van der Waals surface area (Å²) in [6, 6.07) is 6.49. The Kier molecular flexibility index (Phi) is 5.43. The molecule has 0 bridgehead atoms. The lowest BCUT2D eigenvalue weighted by Crippen LogP contribution is -2.55. The van der Waals surface area contributed by atoms with E-state index in [2.05, 4.69) is 36.9 Å². The number of rotatable bonds is 4. The van der Waals surface area contributed by atoms with E-state index in [0.29, 0.717) is 45.9 Å². The van der Waals surface area contributed by atoms with E-state index in [0.717, 1.165) is 25.9 Å². The van der Waals surface area contributed by atoms with Crippen molar-refractivity contribution in [1.82, 2.24) is 14.7 Å². The van der Waals surface area contributed by atoms with Crippen LogP contribution in [0.1, 0.15) is 29.5 Å². The molecule has 0 N–H and O–H groups in total. The Morgan fingerprint density at radius 2 is 1.46 bits per heavy atom. The van der Waals surface area contributed by atoms with Crippen LogP contribution in [-0.4, -0.2) is 85.5 Å². The van der Waals surface area contributed by atoms with Crippen LogP contribution in [0.2, 0.25) is 0 Å². The van der Waals surface area contributed by atoms with Gasteiger partial charge in [-0.15, -0.1) is 0 Å². The minimum atomic E-state index is -0.323. The zero-order valence-corrected chi connectivity index (χ0v) is 17.1. The number of ether oxygens (including phenoxy) is 1. The Balaban J connectivity index is 1.34. The first-order valence-corrected chi connectivity index (χ1v) is 10.4. The van der Waals surface area contributed by atoms with Gasteiger partial charge in [-0.2, -0.15) is 0 Å². The molecular formula is C22H31N3O3. The fraction of sp³-hybridized carbons (Fsp3) is 0.636. The number of aryl methyl sites for hydroxylation is 2. The van der Waals surface area contributed by atoms with Gasteiger partial charge < -0.3 is 14.5 Å². The molecule has 1 aromatic carbocycles. The molecule has 3 aliphatic rings. The topological polar surface area (TPSA) is 53.1 Å². The van der Waals surface area contributed by atoms with Crippen molar-refractivity contribution in [3.8, 4) is 0 Å². The van der Waals surface area contributed by atoms with Crippen molar-refractivity contribution >= 4 is 11.8 Å². The molecule has 2 heterocycles. The highest BCUT2D eigenvalue weighted by Crippen LogP contribution is 2.50. The third-order valence-corrected chi connectivity index (χ3v) is 6.32. The van der Waals surface area contributed by atoms with E-state index >= 15 is 0 Å². The van der Waals surface area contributed by atoms with Gasteiger partial charge in [0.2, 0.25) is 11.8 Å². The lowest BCUT2D eigenvalue weighted by molar-refractivity contribution is -0.142. The average molecular weight is 386 g/mol. The smallest absolute Gasteiger partial charge is 0.236 e. The minimum absolute atomic E-state index is 0.171. The molecule has 152 valence electrons. The summed E-state index contributed by atoms with van der Waals surface area (Å²) in [5, 5.41) is 0. The zero-order valence-electron chi connectivity index (χ0n) is 17.1. The van der Waals surface area contributed by atoms with Crippen LogP contribution in [-0.2, 0) is 19.7 Å². The normalized spacial score (nSPS) is 22.2. The number of benzene rings is 1. The zero-order chi connectivity index (χ0) is 19.7. The summed E-state index contributed by atoms with van der Waals surface area (Å²) in [6.45, 7) is 10.3. The molecule has 2 saturated heterocycles. The first-order chi connectivity index (χ1) is 13.5. The third kappa shape index (κ3) is 3.94. The number of nitrogens with zero attached hydrogens (tertiary/aromatic N) is 3. The van der Waals surface area contributed by atoms with Crippen molar-refractivity contribution in [3.05, 3.63) is 34.9 Å². The van der Waals surface area contributed by atoms with E-state index in [1.807, 2.05) is 9.80 Å². The van der Waals surface area contributed by atoms with E-state index in [9.17, 15) is 9.59 Å². The summed E-state index contributed by atoms with van der Waals surface area (Å²) in [5.74, 6) is 0.419. The van der Waals surface area contributed by atoms with Crippen molar-refractivity contribution in [2.45, 2.75) is 32.1 Å². The van der Waals surface area contributed by atoms with Crippen molar-refractivity contribution in [2.75, 3.05) is 59.0 Å². The number of morpholine rings is 1. The van der Waals surface area contributed by atoms with Gasteiger partial charge in [-0.05, 0) is 32.3 Å². The molecule has 28 heavy (non-hydrogen) atoms. The quantitative estimate of drug-likeness (QED) is 0.785. The molecule has 0 unspecified atom stereocenters. The highest BCUT2D eigenvalue weighted by molar-refractivity contribution is 5.91. The van der Waals surface area contributed by atoms with Gasteiger partial charge in [-0.1, -0.05) is 29.3 Å². The van der Waals surface area contributed by atoms with Crippen molar-refractivity contribution in [3.63, 3.8) is 0 Å². The van der Waals surface area contributed by atoms with Crippen molar-refractivity contribution in [1.29, 1.82) is 0 Å². The van der Waals surface area contributed by atoms with Crippen molar-refractivity contribution in [2.24, 2.45) is 0 Å². The summed E-state index contributed by atoms with van der Waals surface area (Å²) < 4.78 is 5.35. The molecule has 0 aromatic heterocycles. The standard InChI is InChI=1S/C22H31N3O3/c1-17-13-18(2)15-19(14-17)22(3-4-22)21(27)25-7-5-24(6-8-25)20(26)16-23-9-11-28-12-10-23/h13-15H,3-12,16H2,1-2H3. The van der Waals surface area contributed by atoms with E-state index in [1.54, 1.807) is 0 Å². The van der Waals surface area contributed by atoms with Gasteiger partial charge in [0.15, 0.2) is 0 Å². The Labute approximate surface area is 167 Å². The third-order valence-electron chi connectivity index (χ3n) is 6.32. The van der Waals surface area contributed by atoms with E-state index in [-0.39, 0.29) is 17.2 Å². The van der Waals surface area contributed by atoms with Crippen LogP contribution < -0.4 is 0 Å². The molecule has 1 aromatic rings. The number of carbonyl (C=O) groups is 2. The molecule has 6 heteroatoms. The van der Waals surface area contributed by atoms with Gasteiger partial charge >= 0.3 is 0 Å². The van der Waals surface area contributed by atoms with Gasteiger partial charge in [0.05, 0.1) is 25.2 Å². The predicted molar refractivity (Wildman–Crippen MR) is 107 cm³/mol. The van der Waals surface area contributed by atoms with Crippen molar-refractivity contribution < 1.29 is 14.3 Å². The molecule has 1 saturated carbocycles. The summed E-state index contributed by atoms with van der Waals surface area (Å²) in [5.41, 5.74) is 3.28. The van der Waals surface area contributed by atoms with Crippen LogP contribution in [0.25, 0.3) is 0 Å². The first-order valence-electron chi connectivity index (χ1n) is 10.4. The van der Waals surface area contributed by atoms with Crippen LogP contribution in [0.4, 0.5) is 0 Å². The minimum Gasteiger partial charge on any atom is -0.379 e. The Bertz CT molecular complexity index is 725. The second kappa shape index (κ2) is 7.84.